The summed E-state index contributed by atoms with van der Waals surface area (Å²) >= 11 is 0. The average molecular weight is 295 g/mol. The molecule has 0 atom stereocenters. The van der Waals surface area contributed by atoms with Gasteiger partial charge in [-0.2, -0.15) is 0 Å². The molecule has 0 saturated carbocycles. The molecule has 2 aliphatic rings. The molecule has 0 aromatic heterocycles. The summed E-state index contributed by atoms with van der Waals surface area (Å²) in [4.78, 5) is 39.2. The normalized spacial score (nSPS) is 17.7. The van der Waals surface area contributed by atoms with E-state index in [0.29, 0.717) is 33.0 Å². The Morgan fingerprint density at radius 2 is 1.05 bits per heavy atom. The van der Waals surface area contributed by atoms with Crippen LogP contribution in [0.15, 0.2) is 24.3 Å². The molecule has 2 aromatic rings. The molecule has 0 unspecified atom stereocenters. The molecule has 109 valence electrons. The maximum absolute atomic E-state index is 12.3. The zero-order chi connectivity index (χ0) is 15.8. The number of hydrogen-bond acceptors (Lipinski definition) is 4. The Balaban J connectivity index is 2.21. The highest BCUT2D eigenvalue weighted by molar-refractivity contribution is 6.28. The van der Waals surface area contributed by atoms with Gasteiger partial charge in [0.2, 0.25) is 6.23 Å². The van der Waals surface area contributed by atoms with E-state index in [1.807, 2.05) is 0 Å². The largest absolute Gasteiger partial charge is 0.363 e. The average Bonchev–Trinajstić information content (AvgIpc) is 2.53. The van der Waals surface area contributed by atoms with Crippen LogP contribution in [-0.4, -0.2) is 46.7 Å². The molecule has 0 aliphatic carbocycles. The maximum atomic E-state index is 12.3. The summed E-state index contributed by atoms with van der Waals surface area (Å²) in [7, 11) is 2.90. The number of aliphatic hydroxyl groups is 1. The Kier molecular flexibility index (Phi) is 2.31. The summed E-state index contributed by atoms with van der Waals surface area (Å²) in [5.41, 5.74) is 1.55. The van der Waals surface area contributed by atoms with Gasteiger partial charge in [0.15, 0.2) is 0 Å². The summed E-state index contributed by atoms with van der Waals surface area (Å²) in [5.74, 6) is -1.19. The van der Waals surface area contributed by atoms with Gasteiger partial charge in [-0.25, -0.2) is 0 Å². The topological polar surface area (TPSA) is 77.9 Å². The Bertz CT molecular complexity index is 880. The van der Waals surface area contributed by atoms with Crippen molar-refractivity contribution >= 4 is 28.5 Å². The molecule has 0 spiro atoms. The van der Waals surface area contributed by atoms with E-state index in [1.54, 1.807) is 24.3 Å². The molecule has 2 heterocycles. The van der Waals surface area contributed by atoms with Crippen molar-refractivity contribution in [3.8, 4) is 0 Å². The first kappa shape index (κ1) is 13.0. The van der Waals surface area contributed by atoms with E-state index >= 15 is 0 Å². The van der Waals surface area contributed by atoms with Gasteiger partial charge in [0, 0.05) is 47.1 Å². The van der Waals surface area contributed by atoms with Crippen molar-refractivity contribution in [3.63, 3.8) is 0 Å². The van der Waals surface area contributed by atoms with Crippen LogP contribution >= 0.6 is 0 Å². The van der Waals surface area contributed by atoms with Gasteiger partial charge in [0.25, 0.3) is 17.7 Å². The summed E-state index contributed by atoms with van der Waals surface area (Å²) in [6, 6.07) is 6.31. The highest BCUT2D eigenvalue weighted by Gasteiger charge is 2.37. The lowest BCUT2D eigenvalue weighted by atomic mass is 9.86. The molecule has 0 bridgehead atoms. The van der Waals surface area contributed by atoms with Gasteiger partial charge in [-0.3, -0.25) is 19.3 Å². The molecule has 0 fully saturated rings. The second-order valence-corrected chi connectivity index (χ2v) is 5.43. The first-order valence-corrected chi connectivity index (χ1v) is 6.70. The van der Waals surface area contributed by atoms with Crippen molar-refractivity contribution in [3.05, 3.63) is 52.7 Å². The second kappa shape index (κ2) is 3.92. The number of hydrogen-bond donors (Lipinski definition) is 1. The predicted molar refractivity (Wildman–Crippen MR) is 76.7 cm³/mol. The van der Waals surface area contributed by atoms with E-state index in [9.17, 15) is 19.5 Å². The molecule has 0 saturated heterocycles. The molecule has 1 radical (unpaired) electrons. The SMILES string of the molecule is CN1[C](O)c2ccc3c4c(ccc(c24)C1=O)C(=O)N(C)C3=O. The first-order chi connectivity index (χ1) is 10.4. The number of carbonyl (C=O) groups excluding carboxylic acids is 3. The van der Waals surface area contributed by atoms with Gasteiger partial charge in [0.1, 0.15) is 0 Å². The van der Waals surface area contributed by atoms with Crippen molar-refractivity contribution in [1.29, 1.82) is 0 Å². The van der Waals surface area contributed by atoms with E-state index in [0.717, 1.165) is 9.80 Å². The van der Waals surface area contributed by atoms with Crippen molar-refractivity contribution in [2.24, 2.45) is 0 Å². The number of carbonyl (C=O) groups is 3. The van der Waals surface area contributed by atoms with Crippen LogP contribution in [0, 0.1) is 6.23 Å². The summed E-state index contributed by atoms with van der Waals surface area (Å²) in [6.45, 7) is 0. The monoisotopic (exact) mass is 295 g/mol. The quantitative estimate of drug-likeness (QED) is 0.744. The molecule has 1 N–H and O–H groups in total. The minimum absolute atomic E-state index is 0.181. The molecule has 3 amide bonds. The van der Waals surface area contributed by atoms with Crippen LogP contribution < -0.4 is 0 Å². The molecule has 6 heteroatoms. The molecular weight excluding hydrogens is 284 g/mol. The third-order valence-electron chi connectivity index (χ3n) is 4.32. The molecule has 2 aromatic carbocycles. The van der Waals surface area contributed by atoms with Crippen molar-refractivity contribution < 1.29 is 19.5 Å². The van der Waals surface area contributed by atoms with Crippen molar-refractivity contribution in [2.45, 2.75) is 0 Å². The first-order valence-electron chi connectivity index (χ1n) is 6.70. The van der Waals surface area contributed by atoms with Gasteiger partial charge in [-0.1, -0.05) is 6.07 Å². The van der Waals surface area contributed by atoms with Crippen LogP contribution in [0.25, 0.3) is 10.8 Å². The molecular formula is C16H11N2O4. The third kappa shape index (κ3) is 1.30. The molecule has 6 nitrogen and oxygen atoms in total. The number of amides is 3. The fraction of sp³-hybridized carbons (Fsp3) is 0.125. The lowest BCUT2D eigenvalue weighted by Crippen LogP contribution is -2.39. The smallest absolute Gasteiger partial charge is 0.261 e. The highest BCUT2D eigenvalue weighted by Crippen LogP contribution is 2.39. The Hall–Kier alpha value is -2.73. The molecule has 2 aliphatic heterocycles. The minimum Gasteiger partial charge on any atom is -0.363 e. The van der Waals surface area contributed by atoms with E-state index < -0.39 is 11.8 Å². The molecule has 22 heavy (non-hydrogen) atoms. The van der Waals surface area contributed by atoms with Crippen LogP contribution in [0.5, 0.6) is 0 Å². The van der Waals surface area contributed by atoms with Gasteiger partial charge < -0.3 is 10.0 Å². The lowest BCUT2D eigenvalue weighted by molar-refractivity contribution is 0.0640. The zero-order valence-electron chi connectivity index (χ0n) is 11.9. The number of imide groups is 1. The maximum Gasteiger partial charge on any atom is 0.261 e. The van der Waals surface area contributed by atoms with Crippen LogP contribution in [0.1, 0.15) is 36.6 Å². The van der Waals surface area contributed by atoms with E-state index in [1.165, 1.54) is 14.1 Å². The van der Waals surface area contributed by atoms with Gasteiger partial charge in [0.05, 0.1) is 0 Å². The highest BCUT2D eigenvalue weighted by atomic mass is 16.3. The molecule has 4 rings (SSSR count). The Labute approximate surface area is 125 Å². The van der Waals surface area contributed by atoms with Crippen molar-refractivity contribution in [1.82, 2.24) is 9.80 Å². The standard InChI is InChI=1S/C16H11N2O4/c1-17-13(19)7-3-5-9-12-10(16(22)18(2)15(9)21)6-4-8(11(7)12)14(17)20/h3-6,19H,1-2H3. The van der Waals surface area contributed by atoms with Crippen LogP contribution in [0.4, 0.5) is 0 Å². The van der Waals surface area contributed by atoms with Gasteiger partial charge >= 0.3 is 0 Å². The van der Waals surface area contributed by atoms with Gasteiger partial charge in [-0.05, 0) is 18.2 Å². The summed E-state index contributed by atoms with van der Waals surface area (Å²) in [6.07, 6.45) is -0.181. The predicted octanol–water partition coefficient (Wildman–Crippen LogP) is 1.36. The minimum atomic E-state index is -0.410. The lowest BCUT2D eigenvalue weighted by Gasteiger charge is -2.32. The Morgan fingerprint density at radius 3 is 1.55 bits per heavy atom. The Morgan fingerprint density at radius 1 is 0.682 bits per heavy atom. The summed E-state index contributed by atoms with van der Waals surface area (Å²) < 4.78 is 0. The van der Waals surface area contributed by atoms with Crippen LogP contribution in [0.2, 0.25) is 0 Å². The van der Waals surface area contributed by atoms with Crippen LogP contribution in [-0.2, 0) is 0 Å². The number of rotatable bonds is 0. The van der Waals surface area contributed by atoms with Gasteiger partial charge in [-0.15, -0.1) is 0 Å². The second-order valence-electron chi connectivity index (χ2n) is 5.43. The van der Waals surface area contributed by atoms with Crippen LogP contribution in [0.3, 0.4) is 0 Å². The zero-order valence-corrected chi connectivity index (χ0v) is 11.9. The third-order valence-corrected chi connectivity index (χ3v) is 4.32. The van der Waals surface area contributed by atoms with E-state index in [-0.39, 0.29) is 12.1 Å². The van der Waals surface area contributed by atoms with E-state index in [2.05, 4.69) is 0 Å². The number of benzene rings is 2. The van der Waals surface area contributed by atoms with E-state index in [4.69, 9.17) is 0 Å². The fourth-order valence-corrected chi connectivity index (χ4v) is 3.13. The number of nitrogens with zero attached hydrogens (tertiary/aromatic N) is 2. The summed E-state index contributed by atoms with van der Waals surface area (Å²) in [5, 5.41) is 11.1. The van der Waals surface area contributed by atoms with Crippen molar-refractivity contribution in [2.75, 3.05) is 14.1 Å². The number of aliphatic hydroxyl groups excluding tert-OH is 1. The fourth-order valence-electron chi connectivity index (χ4n) is 3.13.